The molecule has 1 aliphatic heterocycles. The molecule has 1 fully saturated rings. The largest absolute Gasteiger partial charge is 0.465 e. The number of imidazole rings is 1. The first-order valence-corrected chi connectivity index (χ1v) is 11.4. The van der Waals surface area contributed by atoms with Crippen LogP contribution in [0.4, 0.5) is 13.2 Å². The molecule has 0 radical (unpaired) electrons. The number of nitrogens with one attached hydrogen (secondary N) is 2. The third-order valence-corrected chi connectivity index (χ3v) is 6.53. The Morgan fingerprint density at radius 1 is 0.971 bits per heavy atom. The summed E-state index contributed by atoms with van der Waals surface area (Å²) in [7, 11) is 1.32. The zero-order valence-corrected chi connectivity index (χ0v) is 19.1. The maximum atomic E-state index is 13.0. The molecule has 5 rings (SSSR count). The van der Waals surface area contributed by atoms with Gasteiger partial charge in [-0.05, 0) is 67.2 Å². The van der Waals surface area contributed by atoms with Crippen LogP contribution in [-0.4, -0.2) is 36.1 Å². The molecule has 0 aliphatic carbocycles. The van der Waals surface area contributed by atoms with E-state index in [0.29, 0.717) is 33.9 Å². The van der Waals surface area contributed by atoms with Crippen molar-refractivity contribution < 1.29 is 22.7 Å². The van der Waals surface area contributed by atoms with Gasteiger partial charge in [0.15, 0.2) is 0 Å². The highest BCUT2D eigenvalue weighted by molar-refractivity contribution is 6.01. The lowest BCUT2D eigenvalue weighted by Gasteiger charge is -2.23. The third kappa shape index (κ3) is 4.66. The van der Waals surface area contributed by atoms with Crippen molar-refractivity contribution in [1.29, 1.82) is 0 Å². The van der Waals surface area contributed by atoms with Crippen LogP contribution in [0.15, 0.2) is 60.7 Å². The summed E-state index contributed by atoms with van der Waals surface area (Å²) < 4.78 is 43.8. The molecule has 0 atom stereocenters. The molecule has 180 valence electrons. The quantitative estimate of drug-likeness (QED) is 0.344. The summed E-state index contributed by atoms with van der Waals surface area (Å²) in [4.78, 5) is 20.2. The van der Waals surface area contributed by atoms with Crippen LogP contribution in [0.5, 0.6) is 0 Å². The van der Waals surface area contributed by atoms with Crippen molar-refractivity contribution in [2.75, 3.05) is 20.2 Å². The topological polar surface area (TPSA) is 67.0 Å². The lowest BCUT2D eigenvalue weighted by atomic mass is 9.89. The Morgan fingerprint density at radius 2 is 1.63 bits per heavy atom. The number of rotatable bonds is 4. The highest BCUT2D eigenvalue weighted by Gasteiger charge is 2.30. The van der Waals surface area contributed by atoms with E-state index >= 15 is 0 Å². The van der Waals surface area contributed by atoms with Crippen LogP contribution in [0, 0.1) is 0 Å². The van der Waals surface area contributed by atoms with E-state index in [-0.39, 0.29) is 0 Å². The van der Waals surface area contributed by atoms with E-state index < -0.39 is 17.7 Å². The molecule has 35 heavy (non-hydrogen) atoms. The average molecular weight is 480 g/mol. The number of ether oxygens (including phenoxy) is 1. The van der Waals surface area contributed by atoms with Crippen LogP contribution >= 0.6 is 0 Å². The van der Waals surface area contributed by atoms with Gasteiger partial charge in [0.2, 0.25) is 0 Å². The van der Waals surface area contributed by atoms with E-state index in [0.717, 1.165) is 49.2 Å². The van der Waals surface area contributed by atoms with E-state index in [1.54, 1.807) is 12.1 Å². The van der Waals surface area contributed by atoms with Crippen molar-refractivity contribution >= 4 is 17.0 Å². The molecule has 4 aromatic rings. The lowest BCUT2D eigenvalue weighted by Crippen LogP contribution is -2.26. The zero-order chi connectivity index (χ0) is 24.6. The first kappa shape index (κ1) is 23.1. The van der Waals surface area contributed by atoms with Gasteiger partial charge in [0.25, 0.3) is 0 Å². The number of hydrogen-bond donors (Lipinski definition) is 2. The van der Waals surface area contributed by atoms with Crippen molar-refractivity contribution in [3.63, 3.8) is 0 Å². The normalized spacial score (nSPS) is 14.9. The summed E-state index contributed by atoms with van der Waals surface area (Å²) in [5.41, 5.74) is 4.30. The Bertz CT molecular complexity index is 1350. The van der Waals surface area contributed by atoms with Crippen LogP contribution in [-0.2, 0) is 10.9 Å². The van der Waals surface area contributed by atoms with Gasteiger partial charge in [-0.3, -0.25) is 0 Å². The minimum absolute atomic E-state index is 0.361. The first-order chi connectivity index (χ1) is 16.8. The van der Waals surface area contributed by atoms with Gasteiger partial charge in [-0.15, -0.1) is 0 Å². The van der Waals surface area contributed by atoms with E-state index in [2.05, 4.69) is 22.4 Å². The van der Waals surface area contributed by atoms with Crippen molar-refractivity contribution in [3.8, 4) is 22.5 Å². The number of carbonyl (C=O) groups is 1. The number of methoxy groups -OCH3 is 1. The van der Waals surface area contributed by atoms with Crippen LogP contribution in [0.2, 0.25) is 0 Å². The van der Waals surface area contributed by atoms with Crippen LogP contribution in [0.1, 0.15) is 40.2 Å². The highest BCUT2D eigenvalue weighted by Crippen LogP contribution is 2.35. The number of esters is 1. The maximum Gasteiger partial charge on any atom is 0.416 e. The van der Waals surface area contributed by atoms with Crippen molar-refractivity contribution in [1.82, 2.24) is 15.3 Å². The van der Waals surface area contributed by atoms with E-state index in [4.69, 9.17) is 9.72 Å². The van der Waals surface area contributed by atoms with Crippen molar-refractivity contribution in [3.05, 3.63) is 77.4 Å². The summed E-state index contributed by atoms with van der Waals surface area (Å²) in [6.07, 6.45) is -2.22. The van der Waals surface area contributed by atoms with Crippen LogP contribution in [0.25, 0.3) is 33.5 Å². The van der Waals surface area contributed by atoms with Crippen molar-refractivity contribution in [2.24, 2.45) is 0 Å². The third-order valence-electron chi connectivity index (χ3n) is 6.53. The second-order valence-electron chi connectivity index (χ2n) is 8.72. The average Bonchev–Trinajstić information content (AvgIpc) is 3.32. The van der Waals surface area contributed by atoms with Gasteiger partial charge in [-0.2, -0.15) is 13.2 Å². The monoisotopic (exact) mass is 479 g/mol. The molecule has 5 nitrogen and oxygen atoms in total. The maximum absolute atomic E-state index is 13.0. The Kier molecular flexibility index (Phi) is 6.06. The van der Waals surface area contributed by atoms with Gasteiger partial charge in [0.1, 0.15) is 5.82 Å². The number of fused-ring (bicyclic) bond motifs is 1. The van der Waals surface area contributed by atoms with E-state index in [1.807, 2.05) is 12.1 Å². The number of H-pyrrole nitrogens is 1. The second kappa shape index (κ2) is 9.19. The molecule has 0 spiro atoms. The van der Waals surface area contributed by atoms with E-state index in [9.17, 15) is 18.0 Å². The predicted molar refractivity (Wildman–Crippen MR) is 128 cm³/mol. The number of halogens is 3. The molecule has 1 aliphatic rings. The Morgan fingerprint density at radius 3 is 2.26 bits per heavy atom. The van der Waals surface area contributed by atoms with Gasteiger partial charge in [-0.25, -0.2) is 9.78 Å². The lowest BCUT2D eigenvalue weighted by molar-refractivity contribution is -0.137. The minimum Gasteiger partial charge on any atom is -0.465 e. The highest BCUT2D eigenvalue weighted by atomic mass is 19.4. The molecule has 0 saturated carbocycles. The van der Waals surface area contributed by atoms with Gasteiger partial charge in [0, 0.05) is 11.1 Å². The molecule has 1 aromatic heterocycles. The molecular formula is C27H24F3N3O2. The summed E-state index contributed by atoms with van der Waals surface area (Å²) in [5, 5.41) is 3.38. The summed E-state index contributed by atoms with van der Waals surface area (Å²) in [6, 6.07) is 16.5. The molecule has 0 bridgehead atoms. The zero-order valence-electron chi connectivity index (χ0n) is 19.1. The number of benzene rings is 3. The first-order valence-electron chi connectivity index (χ1n) is 11.4. The Hall–Kier alpha value is -3.65. The van der Waals surface area contributed by atoms with Crippen LogP contribution in [0.3, 0.4) is 0 Å². The Labute approximate surface area is 200 Å². The SMILES string of the molecule is COC(=O)c1cc(-c2ccc(C3CCNCC3)cc2)c2nc(-c3ccc(C(F)(F)F)cc3)[nH]c2c1. The fourth-order valence-electron chi connectivity index (χ4n) is 4.62. The molecule has 1 saturated heterocycles. The van der Waals surface area contributed by atoms with Gasteiger partial charge >= 0.3 is 12.1 Å². The number of aromatic amines is 1. The summed E-state index contributed by atoms with van der Waals surface area (Å²) in [5.74, 6) is 0.455. The second-order valence-corrected chi connectivity index (χ2v) is 8.72. The number of aromatic nitrogens is 2. The molecule has 0 amide bonds. The van der Waals surface area contributed by atoms with Gasteiger partial charge < -0.3 is 15.0 Å². The predicted octanol–water partition coefficient (Wildman–Crippen LogP) is 6.17. The number of nitrogens with zero attached hydrogens (tertiary/aromatic N) is 1. The Balaban J connectivity index is 1.57. The summed E-state index contributed by atoms with van der Waals surface area (Å²) >= 11 is 0. The summed E-state index contributed by atoms with van der Waals surface area (Å²) in [6.45, 7) is 2.02. The van der Waals surface area contributed by atoms with E-state index in [1.165, 1.54) is 24.8 Å². The minimum atomic E-state index is -4.41. The molecule has 2 heterocycles. The molecule has 2 N–H and O–H groups in total. The van der Waals surface area contributed by atoms with Crippen molar-refractivity contribution in [2.45, 2.75) is 24.9 Å². The number of hydrogen-bond acceptors (Lipinski definition) is 4. The standard InChI is InChI=1S/C27H24F3N3O2/c1-35-26(34)20-14-22(18-4-2-16(3-5-18)17-10-12-31-13-11-17)24-23(15-20)32-25(33-24)19-6-8-21(9-7-19)27(28,29)30/h2-9,14-15,17,31H,10-13H2,1H3,(H,32,33). The molecule has 3 aromatic carbocycles. The van der Waals surface area contributed by atoms with Crippen LogP contribution < -0.4 is 5.32 Å². The molecule has 8 heteroatoms. The molecular weight excluding hydrogens is 455 g/mol. The van der Waals surface area contributed by atoms with Gasteiger partial charge in [-0.1, -0.05) is 36.4 Å². The smallest absolute Gasteiger partial charge is 0.416 e. The fraction of sp³-hybridized carbons (Fsp3) is 0.259. The fourth-order valence-corrected chi connectivity index (χ4v) is 4.62. The number of carbonyl (C=O) groups excluding carboxylic acids is 1. The number of piperidine rings is 1. The molecule has 0 unspecified atom stereocenters. The number of alkyl halides is 3. The van der Waals surface area contributed by atoms with Gasteiger partial charge in [0.05, 0.1) is 29.3 Å².